The van der Waals surface area contributed by atoms with Gasteiger partial charge in [0.25, 0.3) is 0 Å². The lowest BCUT2D eigenvalue weighted by Gasteiger charge is -2.20. The monoisotopic (exact) mass is 491 g/mol. The molecule has 0 aliphatic carbocycles. The molecule has 0 bridgehead atoms. The summed E-state index contributed by atoms with van der Waals surface area (Å²) in [5, 5.41) is 13.1. The first kappa shape index (κ1) is 24.0. The molecule has 4 aromatic rings. The van der Waals surface area contributed by atoms with Crippen molar-refractivity contribution < 1.29 is 4.79 Å². The van der Waals surface area contributed by atoms with E-state index in [0.717, 1.165) is 28.3 Å². The van der Waals surface area contributed by atoms with Gasteiger partial charge in [-0.15, -0.1) is 10.2 Å². The number of amides is 1. The van der Waals surface area contributed by atoms with Gasteiger partial charge in [0.15, 0.2) is 11.0 Å². The zero-order chi connectivity index (χ0) is 24.1. The van der Waals surface area contributed by atoms with Crippen molar-refractivity contribution in [3.8, 4) is 16.8 Å². The molecule has 0 radical (unpaired) electrons. The van der Waals surface area contributed by atoms with Crippen LogP contribution in [0.5, 0.6) is 0 Å². The summed E-state index contributed by atoms with van der Waals surface area (Å²) < 4.78 is 1.98. The fraction of sp³-hybridized carbons (Fsp3) is 0.192. The number of carbonyl (C=O) groups excluding carboxylic acids is 1. The molecule has 3 aromatic carbocycles. The minimum Gasteiger partial charge on any atom is -0.325 e. The molecular weight excluding hydrogens is 466 g/mol. The predicted octanol–water partition coefficient (Wildman–Crippen LogP) is 5.94. The summed E-state index contributed by atoms with van der Waals surface area (Å²) in [6.45, 7) is 2.07. The highest BCUT2D eigenvalue weighted by molar-refractivity contribution is 7.99. The number of nitrogens with one attached hydrogen (secondary N) is 1. The number of carbonyl (C=O) groups is 1. The third-order valence-corrected chi connectivity index (χ3v) is 6.68. The van der Waals surface area contributed by atoms with E-state index in [1.165, 1.54) is 11.8 Å². The van der Waals surface area contributed by atoms with Gasteiger partial charge in [0.05, 0.1) is 11.8 Å². The van der Waals surface area contributed by atoms with Crippen molar-refractivity contribution in [2.75, 3.05) is 25.2 Å². The summed E-state index contributed by atoms with van der Waals surface area (Å²) in [7, 11) is 3.99. The van der Waals surface area contributed by atoms with Crippen LogP contribution < -0.4 is 5.32 Å². The fourth-order valence-electron chi connectivity index (χ4n) is 3.41. The Morgan fingerprint density at radius 3 is 2.26 bits per heavy atom. The zero-order valence-corrected chi connectivity index (χ0v) is 20.8. The maximum Gasteiger partial charge on any atom is 0.234 e. The second-order valence-electron chi connectivity index (χ2n) is 8.07. The molecule has 0 aliphatic rings. The first-order valence-corrected chi connectivity index (χ1v) is 12.2. The standard InChI is InChI=1S/C26H26ClN5OS/c1-18(31(2)3)25-29-30-26(32(25)23-15-11-21(27)12-16-23)34-17-24(33)28-22-13-9-20(10-14-22)19-7-5-4-6-8-19/h4-16,18H,17H2,1-3H3,(H,28,33). The number of rotatable bonds is 8. The number of nitrogens with zero attached hydrogens (tertiary/aromatic N) is 4. The van der Waals surface area contributed by atoms with E-state index in [0.29, 0.717) is 10.2 Å². The molecule has 6 nitrogen and oxygen atoms in total. The fourth-order valence-corrected chi connectivity index (χ4v) is 4.30. The van der Waals surface area contributed by atoms with Crippen molar-refractivity contribution in [1.82, 2.24) is 19.7 Å². The van der Waals surface area contributed by atoms with Crippen LogP contribution in [-0.4, -0.2) is 45.4 Å². The van der Waals surface area contributed by atoms with Crippen LogP contribution in [0.1, 0.15) is 18.8 Å². The van der Waals surface area contributed by atoms with Crippen molar-refractivity contribution in [2.24, 2.45) is 0 Å². The largest absolute Gasteiger partial charge is 0.325 e. The minimum absolute atomic E-state index is 0.0366. The van der Waals surface area contributed by atoms with E-state index >= 15 is 0 Å². The number of hydrogen-bond acceptors (Lipinski definition) is 5. The summed E-state index contributed by atoms with van der Waals surface area (Å²) in [6.07, 6.45) is 0. The van der Waals surface area contributed by atoms with Crippen LogP contribution in [0.15, 0.2) is 84.0 Å². The van der Waals surface area contributed by atoms with E-state index in [-0.39, 0.29) is 17.7 Å². The molecular formula is C26H26ClN5OS. The van der Waals surface area contributed by atoms with E-state index < -0.39 is 0 Å². The molecule has 1 unspecified atom stereocenters. The van der Waals surface area contributed by atoms with Gasteiger partial charge in [-0.25, -0.2) is 0 Å². The molecule has 1 atom stereocenters. The Bertz CT molecular complexity index is 1240. The molecule has 0 spiro atoms. The maximum atomic E-state index is 12.7. The molecule has 0 saturated carbocycles. The highest BCUT2D eigenvalue weighted by Crippen LogP contribution is 2.28. The summed E-state index contributed by atoms with van der Waals surface area (Å²) in [4.78, 5) is 14.7. The van der Waals surface area contributed by atoms with Gasteiger partial charge in [0.1, 0.15) is 0 Å². The predicted molar refractivity (Wildman–Crippen MR) is 140 cm³/mol. The third kappa shape index (κ3) is 5.67. The molecule has 0 fully saturated rings. The van der Waals surface area contributed by atoms with E-state index in [1.807, 2.05) is 85.4 Å². The molecule has 1 amide bonds. The van der Waals surface area contributed by atoms with Gasteiger partial charge in [-0.1, -0.05) is 65.8 Å². The van der Waals surface area contributed by atoms with E-state index in [4.69, 9.17) is 11.6 Å². The van der Waals surface area contributed by atoms with Crippen LogP contribution in [0.2, 0.25) is 5.02 Å². The van der Waals surface area contributed by atoms with Gasteiger partial charge in [-0.05, 0) is 68.5 Å². The van der Waals surface area contributed by atoms with Gasteiger partial charge in [-0.3, -0.25) is 14.3 Å². The summed E-state index contributed by atoms with van der Waals surface area (Å²) in [5.74, 6) is 0.903. The Balaban J connectivity index is 1.46. The Morgan fingerprint density at radius 2 is 1.62 bits per heavy atom. The molecule has 8 heteroatoms. The average molecular weight is 492 g/mol. The van der Waals surface area contributed by atoms with Crippen molar-refractivity contribution in [3.63, 3.8) is 0 Å². The molecule has 174 valence electrons. The van der Waals surface area contributed by atoms with Crippen LogP contribution in [0.3, 0.4) is 0 Å². The first-order chi connectivity index (χ1) is 16.4. The molecule has 34 heavy (non-hydrogen) atoms. The van der Waals surface area contributed by atoms with E-state index in [1.54, 1.807) is 0 Å². The maximum absolute atomic E-state index is 12.7. The SMILES string of the molecule is CC(c1nnc(SCC(=O)Nc2ccc(-c3ccccc3)cc2)n1-c1ccc(Cl)cc1)N(C)C. The van der Waals surface area contributed by atoms with Crippen molar-refractivity contribution in [3.05, 3.63) is 89.7 Å². The first-order valence-electron chi connectivity index (χ1n) is 10.9. The van der Waals surface area contributed by atoms with Crippen LogP contribution in [0.25, 0.3) is 16.8 Å². The smallest absolute Gasteiger partial charge is 0.234 e. The van der Waals surface area contributed by atoms with Crippen molar-refractivity contribution in [2.45, 2.75) is 18.1 Å². The van der Waals surface area contributed by atoms with Crippen LogP contribution in [0.4, 0.5) is 5.69 Å². The lowest BCUT2D eigenvalue weighted by molar-refractivity contribution is -0.113. The Labute approximate surface area is 209 Å². The van der Waals surface area contributed by atoms with Gasteiger partial charge < -0.3 is 5.32 Å². The zero-order valence-electron chi connectivity index (χ0n) is 19.3. The number of aromatic nitrogens is 3. The van der Waals surface area contributed by atoms with Gasteiger partial charge >= 0.3 is 0 Å². The molecule has 1 aromatic heterocycles. The lowest BCUT2D eigenvalue weighted by atomic mass is 10.1. The second-order valence-corrected chi connectivity index (χ2v) is 9.45. The average Bonchev–Trinajstić information content (AvgIpc) is 3.27. The summed E-state index contributed by atoms with van der Waals surface area (Å²) >= 11 is 7.43. The van der Waals surface area contributed by atoms with Crippen LogP contribution in [-0.2, 0) is 4.79 Å². The molecule has 1 N–H and O–H groups in total. The van der Waals surface area contributed by atoms with Crippen LogP contribution >= 0.6 is 23.4 Å². The summed E-state index contributed by atoms with van der Waals surface area (Å²) in [6, 6.07) is 25.5. The molecule has 0 saturated heterocycles. The topological polar surface area (TPSA) is 63.1 Å². The number of benzene rings is 3. The molecule has 0 aliphatic heterocycles. The van der Waals surface area contributed by atoms with Crippen LogP contribution in [0, 0.1) is 0 Å². The number of halogens is 1. The Hall–Kier alpha value is -3.13. The number of anilines is 1. The highest BCUT2D eigenvalue weighted by atomic mass is 35.5. The van der Waals surface area contributed by atoms with Gasteiger partial charge in [0.2, 0.25) is 5.91 Å². The Kier molecular flexibility index (Phi) is 7.67. The van der Waals surface area contributed by atoms with Crippen molar-refractivity contribution in [1.29, 1.82) is 0 Å². The second kappa shape index (κ2) is 10.9. The van der Waals surface area contributed by atoms with E-state index in [2.05, 4.69) is 39.5 Å². The highest BCUT2D eigenvalue weighted by Gasteiger charge is 2.21. The number of hydrogen-bond donors (Lipinski definition) is 1. The van der Waals surface area contributed by atoms with E-state index in [9.17, 15) is 4.79 Å². The summed E-state index contributed by atoms with van der Waals surface area (Å²) in [5.41, 5.74) is 3.90. The lowest BCUT2D eigenvalue weighted by Crippen LogP contribution is -2.21. The van der Waals surface area contributed by atoms with Gasteiger partial charge in [-0.2, -0.15) is 0 Å². The third-order valence-electron chi connectivity index (χ3n) is 5.50. The van der Waals surface area contributed by atoms with Gasteiger partial charge in [0, 0.05) is 16.4 Å². The molecule has 1 heterocycles. The minimum atomic E-state index is -0.106. The van der Waals surface area contributed by atoms with Crippen molar-refractivity contribution >= 4 is 35.0 Å². The molecule has 4 rings (SSSR count). The quantitative estimate of drug-likeness (QED) is 0.309. The Morgan fingerprint density at radius 1 is 0.971 bits per heavy atom. The number of thioether (sulfide) groups is 1. The normalized spacial score (nSPS) is 12.0.